The zero-order valence-electron chi connectivity index (χ0n) is 24.1. The van der Waals surface area contributed by atoms with Gasteiger partial charge >= 0.3 is 0 Å². The number of hydrogen-bond acceptors (Lipinski definition) is 7. The summed E-state index contributed by atoms with van der Waals surface area (Å²) in [4.78, 5) is 29.8. The van der Waals surface area contributed by atoms with Gasteiger partial charge in [0, 0.05) is 61.7 Å². The van der Waals surface area contributed by atoms with Crippen LogP contribution in [0.4, 0.5) is 0 Å². The first-order valence-electron chi connectivity index (χ1n) is 14.4. The van der Waals surface area contributed by atoms with Gasteiger partial charge in [-0.25, -0.2) is 5.48 Å². The van der Waals surface area contributed by atoms with Crippen LogP contribution in [-0.2, 0) is 17.9 Å². The summed E-state index contributed by atoms with van der Waals surface area (Å²) in [5.74, 6) is 0.923. The average molecular weight is 571 g/mol. The van der Waals surface area contributed by atoms with Crippen LogP contribution in [0.15, 0.2) is 83.3 Å². The SMILES string of the molecule is CC(C)c1oc2ccccc2c1COc1ccc(C(=O)NCC(C(=O)NO)N2CCN(Cc3ccccc3)CC2)cc1. The quantitative estimate of drug-likeness (QED) is 0.179. The Morgan fingerprint density at radius 1 is 0.929 bits per heavy atom. The lowest BCUT2D eigenvalue weighted by molar-refractivity contribution is -0.135. The third kappa shape index (κ3) is 6.99. The lowest BCUT2D eigenvalue weighted by atomic mass is 10.0. The van der Waals surface area contributed by atoms with Crippen LogP contribution < -0.4 is 15.5 Å². The minimum Gasteiger partial charge on any atom is -0.489 e. The van der Waals surface area contributed by atoms with Crippen molar-refractivity contribution in [3.05, 3.63) is 101 Å². The lowest BCUT2D eigenvalue weighted by Gasteiger charge is -2.38. The zero-order valence-corrected chi connectivity index (χ0v) is 24.1. The van der Waals surface area contributed by atoms with E-state index in [1.807, 2.05) is 47.4 Å². The van der Waals surface area contributed by atoms with E-state index in [4.69, 9.17) is 9.15 Å². The Bertz CT molecular complexity index is 1480. The van der Waals surface area contributed by atoms with E-state index in [0.29, 0.717) is 31.0 Å². The number of rotatable bonds is 11. The lowest BCUT2D eigenvalue weighted by Crippen LogP contribution is -2.57. The Labute approximate surface area is 246 Å². The molecule has 1 unspecified atom stereocenters. The van der Waals surface area contributed by atoms with E-state index in [1.165, 1.54) is 5.56 Å². The van der Waals surface area contributed by atoms with Crippen molar-refractivity contribution in [1.29, 1.82) is 0 Å². The number of fused-ring (bicyclic) bond motifs is 1. The largest absolute Gasteiger partial charge is 0.489 e. The van der Waals surface area contributed by atoms with Crippen molar-refractivity contribution >= 4 is 22.8 Å². The predicted octanol–water partition coefficient (Wildman–Crippen LogP) is 4.56. The first-order valence-corrected chi connectivity index (χ1v) is 14.4. The summed E-state index contributed by atoms with van der Waals surface area (Å²) in [7, 11) is 0. The predicted molar refractivity (Wildman–Crippen MR) is 160 cm³/mol. The van der Waals surface area contributed by atoms with E-state index >= 15 is 0 Å². The van der Waals surface area contributed by atoms with Gasteiger partial charge in [0.05, 0.1) is 0 Å². The molecule has 2 amide bonds. The normalized spacial score (nSPS) is 15.0. The van der Waals surface area contributed by atoms with Crippen molar-refractivity contribution in [2.75, 3.05) is 32.7 Å². The van der Waals surface area contributed by atoms with Crippen molar-refractivity contribution in [1.82, 2.24) is 20.6 Å². The van der Waals surface area contributed by atoms with E-state index in [-0.39, 0.29) is 18.4 Å². The van der Waals surface area contributed by atoms with Gasteiger partial charge in [-0.15, -0.1) is 0 Å². The van der Waals surface area contributed by atoms with E-state index in [2.05, 4.69) is 36.2 Å². The number of amides is 2. The Morgan fingerprint density at radius 2 is 1.62 bits per heavy atom. The molecule has 4 aromatic rings. The van der Waals surface area contributed by atoms with Gasteiger partial charge in [0.1, 0.15) is 29.7 Å². The number of ether oxygens (including phenoxy) is 1. The highest BCUT2D eigenvalue weighted by Gasteiger charge is 2.29. The molecule has 0 saturated carbocycles. The fourth-order valence-electron chi connectivity index (χ4n) is 5.42. The maximum atomic E-state index is 12.9. The molecule has 1 aliphatic heterocycles. The third-order valence-electron chi connectivity index (χ3n) is 7.72. The molecule has 2 heterocycles. The molecule has 1 atom stereocenters. The van der Waals surface area contributed by atoms with Crippen LogP contribution in [-0.4, -0.2) is 65.6 Å². The number of nitrogens with zero attached hydrogens (tertiary/aromatic N) is 2. The number of carbonyl (C=O) groups is 2. The van der Waals surface area contributed by atoms with E-state index in [9.17, 15) is 14.8 Å². The molecule has 3 N–H and O–H groups in total. The topological polar surface area (TPSA) is 107 Å². The first kappa shape index (κ1) is 29.3. The van der Waals surface area contributed by atoms with Crippen LogP contribution in [0.3, 0.4) is 0 Å². The number of hydroxylamine groups is 1. The summed E-state index contributed by atoms with van der Waals surface area (Å²) < 4.78 is 12.1. The number of carbonyl (C=O) groups excluding carboxylic acids is 2. The van der Waals surface area contributed by atoms with Crippen molar-refractivity contribution in [2.45, 2.75) is 39.0 Å². The number of para-hydroxylation sites is 1. The average Bonchev–Trinajstić information content (AvgIpc) is 3.40. The van der Waals surface area contributed by atoms with Crippen molar-refractivity contribution in [3.63, 3.8) is 0 Å². The fourth-order valence-corrected chi connectivity index (χ4v) is 5.42. The summed E-state index contributed by atoms with van der Waals surface area (Å²) in [6, 6.07) is 24.4. The molecule has 42 heavy (non-hydrogen) atoms. The van der Waals surface area contributed by atoms with E-state index < -0.39 is 11.9 Å². The second kappa shape index (κ2) is 13.7. The Morgan fingerprint density at radius 3 is 2.31 bits per heavy atom. The fraction of sp³-hybridized carbons (Fsp3) is 0.333. The van der Waals surface area contributed by atoms with Crippen LogP contribution in [0, 0.1) is 0 Å². The highest BCUT2D eigenvalue weighted by Crippen LogP contribution is 2.31. The zero-order chi connectivity index (χ0) is 29.5. The molecule has 9 nitrogen and oxygen atoms in total. The number of nitrogens with one attached hydrogen (secondary N) is 2. The maximum absolute atomic E-state index is 12.9. The van der Waals surface area contributed by atoms with Gasteiger partial charge in [-0.2, -0.15) is 0 Å². The highest BCUT2D eigenvalue weighted by molar-refractivity contribution is 5.94. The Balaban J connectivity index is 1.15. The first-order chi connectivity index (χ1) is 20.4. The molecule has 5 rings (SSSR count). The molecular weight excluding hydrogens is 532 g/mol. The molecule has 0 spiro atoms. The van der Waals surface area contributed by atoms with Gasteiger partial charge in [-0.05, 0) is 35.9 Å². The van der Waals surface area contributed by atoms with Crippen molar-refractivity contribution in [2.24, 2.45) is 0 Å². The summed E-state index contributed by atoms with van der Waals surface area (Å²) in [5, 5.41) is 13.2. The number of piperazine rings is 1. The molecule has 1 fully saturated rings. The standard InChI is InChI=1S/C33H38N4O5/c1-23(2)31-28(27-10-6-7-11-30(27)42-31)22-41-26-14-12-25(13-15-26)32(38)34-20-29(33(39)35-40)37-18-16-36(17-19-37)21-24-8-4-3-5-9-24/h3-15,23,29,40H,16-22H2,1-2H3,(H,34,38)(H,35,39). The smallest absolute Gasteiger partial charge is 0.262 e. The third-order valence-corrected chi connectivity index (χ3v) is 7.72. The van der Waals surface area contributed by atoms with Gasteiger partial charge in [0.2, 0.25) is 0 Å². The summed E-state index contributed by atoms with van der Waals surface area (Å²) in [5.41, 5.74) is 5.33. The second-order valence-electron chi connectivity index (χ2n) is 10.9. The van der Waals surface area contributed by atoms with E-state index in [1.54, 1.807) is 29.7 Å². The summed E-state index contributed by atoms with van der Waals surface area (Å²) in [6.45, 7) is 8.33. The molecule has 3 aromatic carbocycles. The minimum atomic E-state index is -0.680. The van der Waals surface area contributed by atoms with Gasteiger partial charge in [0.15, 0.2) is 0 Å². The van der Waals surface area contributed by atoms with Crippen LogP contribution in [0.2, 0.25) is 0 Å². The van der Waals surface area contributed by atoms with Gasteiger partial charge in [-0.1, -0.05) is 62.4 Å². The molecule has 0 aliphatic carbocycles. The minimum absolute atomic E-state index is 0.0771. The highest BCUT2D eigenvalue weighted by atomic mass is 16.5. The second-order valence-corrected chi connectivity index (χ2v) is 10.9. The number of furan rings is 1. The van der Waals surface area contributed by atoms with Gasteiger partial charge in [0.25, 0.3) is 11.8 Å². The molecule has 0 bridgehead atoms. The number of benzene rings is 3. The summed E-state index contributed by atoms with van der Waals surface area (Å²) in [6.07, 6.45) is 0. The molecule has 1 saturated heterocycles. The Hall–Kier alpha value is -4.18. The summed E-state index contributed by atoms with van der Waals surface area (Å²) >= 11 is 0. The molecule has 9 heteroatoms. The van der Waals surface area contributed by atoms with Crippen molar-refractivity contribution < 1.29 is 24.0 Å². The van der Waals surface area contributed by atoms with E-state index in [0.717, 1.165) is 41.9 Å². The van der Waals surface area contributed by atoms with Crippen LogP contribution in [0.5, 0.6) is 5.75 Å². The van der Waals surface area contributed by atoms with Crippen molar-refractivity contribution in [3.8, 4) is 5.75 Å². The van der Waals surface area contributed by atoms with Crippen LogP contribution in [0.25, 0.3) is 11.0 Å². The van der Waals surface area contributed by atoms with Crippen LogP contribution in [0.1, 0.15) is 47.0 Å². The number of hydrogen-bond donors (Lipinski definition) is 3. The van der Waals surface area contributed by atoms with Gasteiger partial charge < -0.3 is 14.5 Å². The maximum Gasteiger partial charge on any atom is 0.262 e. The Kier molecular flexibility index (Phi) is 9.53. The molecular formula is C33H38N4O5. The van der Waals surface area contributed by atoms with Crippen LogP contribution >= 0.6 is 0 Å². The molecule has 1 aromatic heterocycles. The molecule has 1 aliphatic rings. The van der Waals surface area contributed by atoms with Gasteiger partial charge in [-0.3, -0.25) is 24.6 Å². The molecule has 220 valence electrons. The monoisotopic (exact) mass is 570 g/mol. The molecule has 0 radical (unpaired) electrons.